The predicted octanol–water partition coefficient (Wildman–Crippen LogP) is 11.1. The molecule has 0 aromatic heterocycles. The summed E-state index contributed by atoms with van der Waals surface area (Å²) in [6.07, 6.45) is 5.24. The zero-order valence-corrected chi connectivity index (χ0v) is 34.7. The number of unbranched alkanes of at least 4 members (excludes halogenated alkanes) is 10. The predicted molar refractivity (Wildman–Crippen MR) is 226 cm³/mol. The third-order valence-electron chi connectivity index (χ3n) is 10.2. The van der Waals surface area contributed by atoms with Gasteiger partial charge < -0.3 is 29.0 Å². The Morgan fingerprint density at radius 3 is 1.69 bits per heavy atom. The molecule has 0 aliphatic carbocycles. The van der Waals surface area contributed by atoms with Gasteiger partial charge in [-0.25, -0.2) is 0 Å². The SMILES string of the molecule is CCCCCCCCCCCCC#C[C@@H](OCc1ccccc1)[C@@H](OCc1ccccc1)[C@H](COc1ccc(OC)cc1)NC(=O)[C@@](OC)(c1ccccc1)C(F)(F)F. The molecule has 4 aromatic carbocycles. The Balaban J connectivity index is 1.68. The van der Waals surface area contributed by atoms with Crippen molar-refractivity contribution in [3.8, 4) is 23.3 Å². The number of hydrogen-bond donors (Lipinski definition) is 1. The minimum absolute atomic E-state index is 0.0547. The maximum atomic E-state index is 15.2. The van der Waals surface area contributed by atoms with Crippen LogP contribution in [0.2, 0.25) is 0 Å². The fourth-order valence-corrected chi connectivity index (χ4v) is 6.80. The van der Waals surface area contributed by atoms with E-state index in [0.717, 1.165) is 37.5 Å². The van der Waals surface area contributed by atoms with Crippen molar-refractivity contribution in [2.45, 2.75) is 121 Å². The zero-order chi connectivity index (χ0) is 42.2. The van der Waals surface area contributed by atoms with Crippen LogP contribution in [0.1, 0.15) is 94.2 Å². The summed E-state index contributed by atoms with van der Waals surface area (Å²) in [5, 5.41) is 2.66. The lowest BCUT2D eigenvalue weighted by molar-refractivity contribution is -0.266. The standard InChI is InChI=1S/C49H60F3NO6/c1-4-5-6-7-8-9-10-11-12-13-14-24-31-45(58-36-39-25-18-15-19-26-39)46(59-37-40-27-20-16-21-28-40)44(38-57-43-34-32-42(55-2)33-35-43)53-47(54)48(56-3,49(50,51)52)41-29-22-17-23-30-41/h15-23,25-30,32-35,44-46H,4-14,36-38H2,1-3H3,(H,53,54)/t44-,45+,46-,48-/m0/s1. The highest BCUT2D eigenvalue weighted by molar-refractivity contribution is 5.88. The lowest BCUT2D eigenvalue weighted by Gasteiger charge is -2.37. The van der Waals surface area contributed by atoms with Gasteiger partial charge in [0.25, 0.3) is 11.5 Å². The summed E-state index contributed by atoms with van der Waals surface area (Å²) in [5.74, 6) is 6.11. The van der Waals surface area contributed by atoms with Gasteiger partial charge in [0.15, 0.2) is 0 Å². The van der Waals surface area contributed by atoms with Crippen molar-refractivity contribution in [3.63, 3.8) is 0 Å². The first-order valence-electron chi connectivity index (χ1n) is 20.8. The first-order valence-corrected chi connectivity index (χ1v) is 20.8. The zero-order valence-electron chi connectivity index (χ0n) is 34.7. The van der Waals surface area contributed by atoms with Gasteiger partial charge in [-0.3, -0.25) is 4.79 Å². The van der Waals surface area contributed by atoms with Gasteiger partial charge in [0.1, 0.15) is 30.3 Å². The van der Waals surface area contributed by atoms with E-state index in [1.807, 2.05) is 60.7 Å². The second-order valence-electron chi connectivity index (χ2n) is 14.5. The van der Waals surface area contributed by atoms with Crippen molar-refractivity contribution in [3.05, 3.63) is 132 Å². The number of benzene rings is 4. The molecule has 1 amide bonds. The van der Waals surface area contributed by atoms with Crippen molar-refractivity contribution in [2.75, 3.05) is 20.8 Å². The number of carbonyl (C=O) groups excluding carboxylic acids is 1. The molecule has 0 radical (unpaired) electrons. The summed E-state index contributed by atoms with van der Waals surface area (Å²) in [5.41, 5.74) is -2.05. The van der Waals surface area contributed by atoms with E-state index in [2.05, 4.69) is 24.1 Å². The van der Waals surface area contributed by atoms with Crippen LogP contribution in [0, 0.1) is 11.8 Å². The van der Waals surface area contributed by atoms with E-state index >= 15 is 13.2 Å². The van der Waals surface area contributed by atoms with Crippen LogP contribution >= 0.6 is 0 Å². The van der Waals surface area contributed by atoms with Crippen LogP contribution in [0.15, 0.2) is 115 Å². The maximum Gasteiger partial charge on any atom is 0.430 e. The lowest BCUT2D eigenvalue weighted by atomic mass is 9.90. The van der Waals surface area contributed by atoms with Crippen molar-refractivity contribution >= 4 is 5.91 Å². The van der Waals surface area contributed by atoms with Crippen LogP contribution in [0.25, 0.3) is 0 Å². The highest BCUT2D eigenvalue weighted by atomic mass is 19.4. The van der Waals surface area contributed by atoms with Crippen LogP contribution < -0.4 is 14.8 Å². The Hall–Kier alpha value is -4.82. The number of amides is 1. The third kappa shape index (κ3) is 15.1. The molecule has 0 saturated heterocycles. The van der Waals surface area contributed by atoms with Gasteiger partial charge in [-0.05, 0) is 41.8 Å². The van der Waals surface area contributed by atoms with Gasteiger partial charge in [0.2, 0.25) is 0 Å². The van der Waals surface area contributed by atoms with Gasteiger partial charge in [-0.2, -0.15) is 13.2 Å². The summed E-state index contributed by atoms with van der Waals surface area (Å²) in [6, 6.07) is 31.3. The van der Waals surface area contributed by atoms with Crippen molar-refractivity contribution in [1.82, 2.24) is 5.32 Å². The Kier molecular flexibility index (Phi) is 20.3. The van der Waals surface area contributed by atoms with Crippen LogP contribution in [-0.4, -0.2) is 51.2 Å². The first kappa shape index (κ1) is 46.9. The van der Waals surface area contributed by atoms with E-state index in [9.17, 15) is 4.79 Å². The van der Waals surface area contributed by atoms with Crippen molar-refractivity contribution in [1.29, 1.82) is 0 Å². The molecule has 0 spiro atoms. The third-order valence-corrected chi connectivity index (χ3v) is 10.2. The topological polar surface area (TPSA) is 75.3 Å². The average molecular weight is 816 g/mol. The van der Waals surface area contributed by atoms with Crippen LogP contribution in [-0.2, 0) is 37.8 Å². The van der Waals surface area contributed by atoms with E-state index in [-0.39, 0.29) is 25.4 Å². The maximum absolute atomic E-state index is 15.2. The van der Waals surface area contributed by atoms with E-state index < -0.39 is 35.9 Å². The molecule has 0 fully saturated rings. The van der Waals surface area contributed by atoms with Gasteiger partial charge in [0.05, 0.1) is 26.4 Å². The monoisotopic (exact) mass is 815 g/mol. The number of halogens is 3. The van der Waals surface area contributed by atoms with Crippen LogP contribution in [0.3, 0.4) is 0 Å². The Morgan fingerprint density at radius 2 is 1.17 bits per heavy atom. The molecule has 0 unspecified atom stereocenters. The number of nitrogens with one attached hydrogen (secondary N) is 1. The Bertz CT molecular complexity index is 1800. The number of methoxy groups -OCH3 is 2. The van der Waals surface area contributed by atoms with Crippen LogP contribution in [0.5, 0.6) is 11.5 Å². The summed E-state index contributed by atoms with van der Waals surface area (Å²) >= 11 is 0. The highest BCUT2D eigenvalue weighted by Gasteiger charge is 2.63. The smallest absolute Gasteiger partial charge is 0.430 e. The van der Waals surface area contributed by atoms with E-state index in [4.69, 9.17) is 23.7 Å². The summed E-state index contributed by atoms with van der Waals surface area (Å²) in [6.45, 7) is 2.12. The van der Waals surface area contributed by atoms with Crippen molar-refractivity contribution in [2.24, 2.45) is 0 Å². The van der Waals surface area contributed by atoms with E-state index in [1.54, 1.807) is 37.4 Å². The number of rotatable bonds is 26. The van der Waals surface area contributed by atoms with Gasteiger partial charge >= 0.3 is 6.18 Å². The fraction of sp³-hybridized carbons (Fsp3) is 0.449. The Labute approximate surface area is 349 Å². The molecule has 4 atom stereocenters. The molecule has 0 bridgehead atoms. The minimum atomic E-state index is -5.15. The lowest BCUT2D eigenvalue weighted by Crippen LogP contribution is -2.61. The number of carbonyl (C=O) groups is 1. The van der Waals surface area contributed by atoms with Crippen molar-refractivity contribution < 1.29 is 41.7 Å². The van der Waals surface area contributed by atoms with Gasteiger partial charge in [-0.15, -0.1) is 5.92 Å². The first-order chi connectivity index (χ1) is 28.7. The molecule has 1 N–H and O–H groups in total. The molecule has 318 valence electrons. The largest absolute Gasteiger partial charge is 0.497 e. The minimum Gasteiger partial charge on any atom is -0.497 e. The summed E-state index contributed by atoms with van der Waals surface area (Å²) in [4.78, 5) is 14.3. The van der Waals surface area contributed by atoms with Gasteiger partial charge in [-0.1, -0.05) is 162 Å². The summed E-state index contributed by atoms with van der Waals surface area (Å²) in [7, 11) is 2.41. The molecular formula is C49H60F3NO6. The van der Waals surface area contributed by atoms with E-state index in [1.165, 1.54) is 69.2 Å². The number of ether oxygens (including phenoxy) is 5. The molecule has 0 saturated carbocycles. The molecule has 4 rings (SSSR count). The normalized spacial score (nSPS) is 13.9. The highest BCUT2D eigenvalue weighted by Crippen LogP contribution is 2.42. The fourth-order valence-electron chi connectivity index (χ4n) is 6.80. The number of hydrogen-bond acceptors (Lipinski definition) is 6. The molecule has 7 nitrogen and oxygen atoms in total. The summed E-state index contributed by atoms with van der Waals surface area (Å²) < 4.78 is 75.4. The number of alkyl halides is 3. The van der Waals surface area contributed by atoms with Gasteiger partial charge in [0, 0.05) is 19.1 Å². The second-order valence-corrected chi connectivity index (χ2v) is 14.5. The van der Waals surface area contributed by atoms with Crippen LogP contribution in [0.4, 0.5) is 13.2 Å². The quantitative estimate of drug-likeness (QED) is 0.0503. The molecule has 0 aliphatic heterocycles. The average Bonchev–Trinajstić information content (AvgIpc) is 3.25. The molecule has 4 aromatic rings. The second kappa shape index (κ2) is 25.6. The molecule has 0 heterocycles. The molecular weight excluding hydrogens is 756 g/mol. The van der Waals surface area contributed by atoms with E-state index in [0.29, 0.717) is 17.9 Å². The molecule has 10 heteroatoms. The Morgan fingerprint density at radius 1 is 0.661 bits per heavy atom. The molecule has 0 aliphatic rings. The molecule has 59 heavy (non-hydrogen) atoms.